The van der Waals surface area contributed by atoms with Gasteiger partial charge in [-0.15, -0.1) is 0 Å². The first-order valence-electron chi connectivity index (χ1n) is 4.49. The molecule has 0 atom stereocenters. The van der Waals surface area contributed by atoms with Crippen LogP contribution < -0.4 is 0 Å². The van der Waals surface area contributed by atoms with Crippen LogP contribution in [0, 0.1) is 0 Å². The Morgan fingerprint density at radius 2 is 0.632 bits per heavy atom. The summed E-state index contributed by atoms with van der Waals surface area (Å²) in [4.78, 5) is 0. The number of hydrogen-bond donors (Lipinski definition) is 0. The molecule has 0 saturated carbocycles. The first-order valence-corrected chi connectivity index (χ1v) is 9.22. The monoisotopic (exact) mass is 520 g/mol. The standard InChI is InChI=1S/3C2H6O3S.Ir/c3*1-2-6(3,4)5;/h3*2H2,1H3,(H,3,4,5);/q;;;+3/p-3. The van der Waals surface area contributed by atoms with Gasteiger partial charge in [0.1, 0.15) is 0 Å². The van der Waals surface area contributed by atoms with Gasteiger partial charge in [-0.1, -0.05) is 20.8 Å². The van der Waals surface area contributed by atoms with Gasteiger partial charge in [-0.25, -0.2) is 25.3 Å². The first kappa shape index (κ1) is 27.7. The van der Waals surface area contributed by atoms with E-state index in [2.05, 4.69) is 0 Å². The van der Waals surface area contributed by atoms with Gasteiger partial charge in [0.25, 0.3) is 0 Å². The minimum atomic E-state index is -3.91. The summed E-state index contributed by atoms with van der Waals surface area (Å²) < 4.78 is 85.0. The van der Waals surface area contributed by atoms with Crippen molar-refractivity contribution in [1.29, 1.82) is 0 Å². The van der Waals surface area contributed by atoms with Crippen molar-refractivity contribution in [3.8, 4) is 0 Å². The normalized spacial score (nSPS) is 11.1. The van der Waals surface area contributed by atoms with Gasteiger partial charge in [-0.3, -0.25) is 0 Å². The van der Waals surface area contributed by atoms with E-state index in [1.54, 1.807) is 0 Å². The van der Waals surface area contributed by atoms with Crippen molar-refractivity contribution in [3.05, 3.63) is 0 Å². The second-order valence-corrected chi connectivity index (χ2v) is 7.62. The summed E-state index contributed by atoms with van der Waals surface area (Å²) in [6, 6.07) is 0. The summed E-state index contributed by atoms with van der Waals surface area (Å²) >= 11 is 0. The van der Waals surface area contributed by atoms with E-state index in [0.717, 1.165) is 0 Å². The van der Waals surface area contributed by atoms with Crippen LogP contribution in [0.4, 0.5) is 0 Å². The molecule has 0 aliphatic carbocycles. The Morgan fingerprint density at radius 3 is 0.632 bits per heavy atom. The van der Waals surface area contributed by atoms with Crippen LogP contribution in [0.3, 0.4) is 0 Å². The summed E-state index contributed by atoms with van der Waals surface area (Å²) in [7, 11) is -11.7. The number of hydrogen-bond acceptors (Lipinski definition) is 9. The molecular weight excluding hydrogens is 504 g/mol. The van der Waals surface area contributed by atoms with E-state index in [0.29, 0.717) is 0 Å². The van der Waals surface area contributed by atoms with Gasteiger partial charge < -0.3 is 13.7 Å². The molecule has 0 aromatic heterocycles. The van der Waals surface area contributed by atoms with Gasteiger partial charge in [0.15, 0.2) is 0 Å². The Labute approximate surface area is 127 Å². The van der Waals surface area contributed by atoms with Gasteiger partial charge in [0.2, 0.25) is 0 Å². The average Bonchev–Trinajstić information content (AvgIpc) is 2.16. The molecule has 13 heteroatoms. The zero-order chi connectivity index (χ0) is 15.6. The van der Waals surface area contributed by atoms with Gasteiger partial charge >= 0.3 is 20.1 Å². The summed E-state index contributed by atoms with van der Waals surface area (Å²) in [6.07, 6.45) is 0. The summed E-state index contributed by atoms with van der Waals surface area (Å²) in [5.74, 6) is -0.938. The van der Waals surface area contributed by atoms with Crippen molar-refractivity contribution < 1.29 is 59.0 Å². The summed E-state index contributed by atoms with van der Waals surface area (Å²) in [5, 5.41) is 0. The van der Waals surface area contributed by atoms with Crippen molar-refractivity contribution in [2.24, 2.45) is 0 Å². The molecule has 0 radical (unpaired) electrons. The topological polar surface area (TPSA) is 172 Å². The molecule has 0 spiro atoms. The van der Waals surface area contributed by atoms with Crippen molar-refractivity contribution in [3.63, 3.8) is 0 Å². The van der Waals surface area contributed by atoms with Gasteiger partial charge in [0, 0.05) is 17.3 Å². The molecule has 0 fully saturated rings. The SMILES string of the molecule is CCS(=O)(=O)[O-].CCS(=O)(=O)[O-].CCS(=O)(=O)[O-].[Ir+3]. The molecule has 0 aromatic rings. The summed E-state index contributed by atoms with van der Waals surface area (Å²) in [5.41, 5.74) is 0. The molecule has 0 aliphatic rings. The fraction of sp³-hybridized carbons (Fsp3) is 1.00. The minimum Gasteiger partial charge on any atom is -0.748 e. The van der Waals surface area contributed by atoms with E-state index in [4.69, 9.17) is 0 Å². The predicted molar refractivity (Wildman–Crippen MR) is 60.7 cm³/mol. The Bertz CT molecular complexity index is 414. The molecule has 0 aromatic carbocycles. The molecule has 19 heavy (non-hydrogen) atoms. The molecule has 0 unspecified atom stereocenters. The van der Waals surface area contributed by atoms with E-state index >= 15 is 0 Å². The fourth-order valence-electron chi connectivity index (χ4n) is 0. The van der Waals surface area contributed by atoms with Crippen LogP contribution in [0.5, 0.6) is 0 Å². The second kappa shape index (κ2) is 12.1. The molecule has 0 heterocycles. The molecule has 0 N–H and O–H groups in total. The van der Waals surface area contributed by atoms with Crippen molar-refractivity contribution in [1.82, 2.24) is 0 Å². The third kappa shape index (κ3) is 56.1. The third-order valence-electron chi connectivity index (χ3n) is 1.06. The van der Waals surface area contributed by atoms with Crippen LogP contribution in [-0.2, 0) is 50.5 Å². The van der Waals surface area contributed by atoms with Crippen LogP contribution in [0.25, 0.3) is 0 Å². The van der Waals surface area contributed by atoms with Gasteiger partial charge in [-0.05, 0) is 0 Å². The van der Waals surface area contributed by atoms with Crippen molar-refractivity contribution in [2.75, 3.05) is 17.3 Å². The Hall–Kier alpha value is 0.379. The molecule has 0 saturated heterocycles. The van der Waals surface area contributed by atoms with E-state index in [-0.39, 0.29) is 37.4 Å². The minimum absolute atomic E-state index is 0. The first-order chi connectivity index (χ1) is 7.68. The zero-order valence-electron chi connectivity index (χ0n) is 10.4. The third-order valence-corrected chi connectivity index (χ3v) is 3.18. The Morgan fingerprint density at radius 1 is 0.579 bits per heavy atom. The average molecular weight is 520 g/mol. The van der Waals surface area contributed by atoms with Crippen LogP contribution in [-0.4, -0.2) is 56.2 Å². The molecule has 0 bridgehead atoms. The smallest absolute Gasteiger partial charge is 0.748 e. The molecule has 9 nitrogen and oxygen atoms in total. The predicted octanol–water partition coefficient (Wildman–Crippen LogP) is -1.35. The second-order valence-electron chi connectivity index (χ2n) is 2.54. The van der Waals surface area contributed by atoms with E-state index < -0.39 is 30.4 Å². The number of rotatable bonds is 3. The molecule has 120 valence electrons. The maximum Gasteiger partial charge on any atom is 3.00 e. The van der Waals surface area contributed by atoms with Gasteiger partial charge in [-0.2, -0.15) is 0 Å². The maximum atomic E-state index is 9.44. The maximum absolute atomic E-state index is 9.44. The fourth-order valence-corrected chi connectivity index (χ4v) is 0. The van der Waals surface area contributed by atoms with Crippen molar-refractivity contribution in [2.45, 2.75) is 20.8 Å². The molecule has 0 aliphatic heterocycles. The Balaban J connectivity index is -0.0000000865. The largest absolute Gasteiger partial charge is 3.00 e. The van der Waals surface area contributed by atoms with Crippen LogP contribution in [0.1, 0.15) is 20.8 Å². The van der Waals surface area contributed by atoms with Crippen LogP contribution >= 0.6 is 0 Å². The molecule has 0 rings (SSSR count). The van der Waals surface area contributed by atoms with E-state index in [1.807, 2.05) is 0 Å². The van der Waals surface area contributed by atoms with E-state index in [9.17, 15) is 38.9 Å². The zero-order valence-corrected chi connectivity index (χ0v) is 15.2. The van der Waals surface area contributed by atoms with Crippen LogP contribution in [0.15, 0.2) is 0 Å². The molecular formula is C6H15IrO9S3. The van der Waals surface area contributed by atoms with Gasteiger partial charge in [0.05, 0.1) is 30.4 Å². The quantitative estimate of drug-likeness (QED) is 0.409. The van der Waals surface area contributed by atoms with E-state index in [1.165, 1.54) is 20.8 Å². The summed E-state index contributed by atoms with van der Waals surface area (Å²) in [6.45, 7) is 3.92. The molecule has 0 amide bonds. The van der Waals surface area contributed by atoms with Crippen molar-refractivity contribution >= 4 is 30.4 Å². The van der Waals surface area contributed by atoms with Crippen LogP contribution in [0.2, 0.25) is 0 Å². The Kier molecular flexibility index (Phi) is 17.7.